The molecular weight excluding hydrogens is 312 g/mol. The Balaban J connectivity index is 1.51. The van der Waals surface area contributed by atoms with Crippen LogP contribution < -0.4 is 0 Å². The van der Waals surface area contributed by atoms with Gasteiger partial charge in [-0.15, -0.1) is 0 Å². The van der Waals surface area contributed by atoms with Gasteiger partial charge in [0.1, 0.15) is 0 Å². The maximum Gasteiger partial charge on any atom is 0.291 e. The minimum atomic E-state index is -0.0682. The van der Waals surface area contributed by atoms with Gasteiger partial charge in [0.25, 0.3) is 5.91 Å². The average Bonchev–Trinajstić information content (AvgIpc) is 2.69. The van der Waals surface area contributed by atoms with Crippen LogP contribution >= 0.6 is 0 Å². The molecule has 5 nitrogen and oxygen atoms in total. The first-order valence-electron chi connectivity index (χ1n) is 8.70. The number of likely N-dealkylation sites (tertiary alicyclic amines) is 1. The zero-order valence-corrected chi connectivity index (χ0v) is 14.0. The molecule has 0 spiro atoms. The number of fused-ring (bicyclic) bond motifs is 1. The molecule has 0 aliphatic carbocycles. The summed E-state index contributed by atoms with van der Waals surface area (Å²) >= 11 is 0. The van der Waals surface area contributed by atoms with Crippen molar-refractivity contribution in [2.75, 3.05) is 13.1 Å². The van der Waals surface area contributed by atoms with Gasteiger partial charge in [-0.25, -0.2) is 9.97 Å². The Morgan fingerprint density at radius 3 is 2.72 bits per heavy atom. The normalized spacial score (nSPS) is 17.6. The molecule has 0 unspecified atom stereocenters. The van der Waals surface area contributed by atoms with Crippen molar-refractivity contribution in [3.63, 3.8) is 0 Å². The lowest BCUT2D eigenvalue weighted by molar-refractivity contribution is 0.0661. The van der Waals surface area contributed by atoms with E-state index in [0.717, 1.165) is 37.9 Å². The first-order valence-corrected chi connectivity index (χ1v) is 8.70. The number of hydrogen-bond acceptors (Lipinski definition) is 4. The smallest absolute Gasteiger partial charge is 0.291 e. The van der Waals surface area contributed by atoms with Crippen molar-refractivity contribution >= 4 is 16.8 Å². The minimum absolute atomic E-state index is 0.0682. The van der Waals surface area contributed by atoms with Gasteiger partial charge in [-0.05, 0) is 42.9 Å². The van der Waals surface area contributed by atoms with Gasteiger partial charge in [-0.1, -0.05) is 24.3 Å². The van der Waals surface area contributed by atoms with Crippen LogP contribution in [0.1, 0.15) is 29.0 Å². The summed E-state index contributed by atoms with van der Waals surface area (Å²) in [6, 6.07) is 12.1. The Labute approximate surface area is 146 Å². The molecular formula is C20H20N4O. The minimum Gasteiger partial charge on any atom is -0.336 e. The van der Waals surface area contributed by atoms with Gasteiger partial charge >= 0.3 is 0 Å². The number of benzene rings is 1. The van der Waals surface area contributed by atoms with E-state index in [1.807, 2.05) is 17.2 Å². The predicted octanol–water partition coefficient (Wildman–Crippen LogP) is 3.12. The molecule has 2 aromatic heterocycles. The van der Waals surface area contributed by atoms with Crippen LogP contribution in [-0.2, 0) is 6.42 Å². The molecule has 0 N–H and O–H groups in total. The quantitative estimate of drug-likeness (QED) is 0.739. The third-order valence-corrected chi connectivity index (χ3v) is 4.79. The van der Waals surface area contributed by atoms with E-state index in [1.165, 1.54) is 10.9 Å². The highest BCUT2D eigenvalue weighted by Crippen LogP contribution is 2.25. The molecule has 3 heterocycles. The average molecular weight is 332 g/mol. The van der Waals surface area contributed by atoms with Crippen molar-refractivity contribution in [1.82, 2.24) is 19.9 Å². The molecule has 1 saturated heterocycles. The lowest BCUT2D eigenvalue weighted by Crippen LogP contribution is -2.41. The van der Waals surface area contributed by atoms with Crippen LogP contribution in [0.4, 0.5) is 0 Å². The van der Waals surface area contributed by atoms with Crippen LogP contribution in [0.2, 0.25) is 0 Å². The number of carbonyl (C=O) groups is 1. The number of nitrogens with zero attached hydrogens (tertiary/aromatic N) is 4. The molecule has 4 rings (SSSR count). The lowest BCUT2D eigenvalue weighted by Gasteiger charge is -2.32. The highest BCUT2D eigenvalue weighted by molar-refractivity contribution is 5.90. The highest BCUT2D eigenvalue weighted by Gasteiger charge is 2.26. The number of piperidine rings is 1. The number of aromatic nitrogens is 3. The van der Waals surface area contributed by atoms with Crippen molar-refractivity contribution in [2.24, 2.45) is 5.92 Å². The Hall–Kier alpha value is -2.82. The van der Waals surface area contributed by atoms with E-state index >= 15 is 0 Å². The summed E-state index contributed by atoms with van der Waals surface area (Å²) in [5, 5.41) is 1.17. The van der Waals surface area contributed by atoms with E-state index in [9.17, 15) is 4.79 Å². The van der Waals surface area contributed by atoms with E-state index in [1.54, 1.807) is 18.5 Å². The van der Waals surface area contributed by atoms with Gasteiger partial charge in [-0.3, -0.25) is 9.78 Å². The fraction of sp³-hybridized carbons (Fsp3) is 0.300. The molecule has 3 aromatic rings. The zero-order chi connectivity index (χ0) is 17.1. The molecule has 25 heavy (non-hydrogen) atoms. The van der Waals surface area contributed by atoms with Crippen LogP contribution in [0.5, 0.6) is 0 Å². The first kappa shape index (κ1) is 15.7. The molecule has 1 fully saturated rings. The maximum absolute atomic E-state index is 12.6. The van der Waals surface area contributed by atoms with E-state index in [0.29, 0.717) is 5.92 Å². The molecule has 1 aromatic carbocycles. The fourth-order valence-corrected chi connectivity index (χ4v) is 3.61. The lowest BCUT2D eigenvalue weighted by atomic mass is 9.90. The Bertz CT molecular complexity index is 876. The van der Waals surface area contributed by atoms with Gasteiger partial charge in [0.2, 0.25) is 5.82 Å². The fourth-order valence-electron chi connectivity index (χ4n) is 3.61. The second-order valence-electron chi connectivity index (χ2n) is 6.53. The molecule has 1 atom stereocenters. The monoisotopic (exact) mass is 332 g/mol. The molecule has 1 aliphatic rings. The summed E-state index contributed by atoms with van der Waals surface area (Å²) in [6.45, 7) is 1.53. The highest BCUT2D eigenvalue weighted by atomic mass is 16.2. The third kappa shape index (κ3) is 3.36. The zero-order valence-electron chi connectivity index (χ0n) is 14.0. The molecule has 1 aliphatic heterocycles. The summed E-state index contributed by atoms with van der Waals surface area (Å²) in [4.78, 5) is 27.2. The summed E-state index contributed by atoms with van der Waals surface area (Å²) in [6.07, 6.45) is 8.15. The molecule has 0 saturated carbocycles. The van der Waals surface area contributed by atoms with Crippen molar-refractivity contribution in [3.8, 4) is 0 Å². The summed E-state index contributed by atoms with van der Waals surface area (Å²) in [5.41, 5.74) is 2.33. The van der Waals surface area contributed by atoms with E-state index in [2.05, 4.69) is 39.2 Å². The van der Waals surface area contributed by atoms with Crippen LogP contribution in [0.25, 0.3) is 10.9 Å². The Morgan fingerprint density at radius 2 is 1.84 bits per heavy atom. The van der Waals surface area contributed by atoms with Crippen LogP contribution in [0, 0.1) is 5.92 Å². The first-order chi connectivity index (χ1) is 12.3. The molecule has 0 bridgehead atoms. The second kappa shape index (κ2) is 6.97. The van der Waals surface area contributed by atoms with Gasteiger partial charge in [-0.2, -0.15) is 0 Å². The molecule has 0 radical (unpaired) electrons. The number of carbonyl (C=O) groups excluding carboxylic acids is 1. The maximum atomic E-state index is 12.6. The van der Waals surface area contributed by atoms with Crippen molar-refractivity contribution in [1.29, 1.82) is 0 Å². The topological polar surface area (TPSA) is 59.0 Å². The summed E-state index contributed by atoms with van der Waals surface area (Å²) in [7, 11) is 0. The SMILES string of the molecule is O=C(c1ncccn1)N1CCC[C@@H](Cc2cccc3cccnc23)C1. The standard InChI is InChI=1S/C20H20N4O/c25-20(19-22-10-4-11-23-19)24-12-3-5-15(14-24)13-17-7-1-6-16-8-2-9-21-18(16)17/h1-2,4,6-11,15H,3,5,12-14H2/t15-/m0/s1. The van der Waals surface area contributed by atoms with Gasteiger partial charge < -0.3 is 4.90 Å². The van der Waals surface area contributed by atoms with Gasteiger partial charge in [0.05, 0.1) is 5.52 Å². The molecule has 1 amide bonds. The Morgan fingerprint density at radius 1 is 1.04 bits per heavy atom. The van der Waals surface area contributed by atoms with E-state index < -0.39 is 0 Å². The number of rotatable bonds is 3. The summed E-state index contributed by atoms with van der Waals surface area (Å²) in [5.74, 6) is 0.658. The number of pyridine rings is 1. The van der Waals surface area contributed by atoms with Gasteiger partial charge in [0.15, 0.2) is 0 Å². The van der Waals surface area contributed by atoms with Crippen LogP contribution in [0.3, 0.4) is 0 Å². The predicted molar refractivity (Wildman–Crippen MR) is 96.1 cm³/mol. The Kier molecular flexibility index (Phi) is 4.37. The van der Waals surface area contributed by atoms with Crippen molar-refractivity contribution in [2.45, 2.75) is 19.3 Å². The molecule has 126 valence electrons. The largest absolute Gasteiger partial charge is 0.336 e. The number of amides is 1. The third-order valence-electron chi connectivity index (χ3n) is 4.79. The van der Waals surface area contributed by atoms with Crippen LogP contribution in [0.15, 0.2) is 55.0 Å². The summed E-state index contributed by atoms with van der Waals surface area (Å²) < 4.78 is 0. The van der Waals surface area contributed by atoms with E-state index in [-0.39, 0.29) is 11.7 Å². The van der Waals surface area contributed by atoms with Crippen molar-refractivity contribution < 1.29 is 4.79 Å². The molecule has 5 heteroatoms. The van der Waals surface area contributed by atoms with Gasteiger partial charge in [0, 0.05) is 37.1 Å². The number of para-hydroxylation sites is 1. The second-order valence-corrected chi connectivity index (χ2v) is 6.53. The van der Waals surface area contributed by atoms with Crippen molar-refractivity contribution in [3.05, 3.63) is 66.4 Å². The van der Waals surface area contributed by atoms with Crippen LogP contribution in [-0.4, -0.2) is 38.8 Å². The van der Waals surface area contributed by atoms with E-state index in [4.69, 9.17) is 0 Å². The number of hydrogen-bond donors (Lipinski definition) is 0.